The Morgan fingerprint density at radius 1 is 0.357 bits per heavy atom. The molecule has 0 unspecified atom stereocenters. The van der Waals surface area contributed by atoms with Gasteiger partial charge in [-0.2, -0.15) is 0 Å². The molecule has 0 aromatic heterocycles. The summed E-state index contributed by atoms with van der Waals surface area (Å²) in [7, 11) is 0. The predicted molar refractivity (Wildman–Crippen MR) is 63.9 cm³/mol. The van der Waals surface area contributed by atoms with Crippen LogP contribution in [0, 0.1) is 0 Å². The van der Waals surface area contributed by atoms with Crippen molar-refractivity contribution < 1.29 is 0 Å². The molecule has 88 valence electrons. The van der Waals surface area contributed by atoms with Gasteiger partial charge < -0.3 is 22.9 Å². The van der Waals surface area contributed by atoms with E-state index >= 15 is 0 Å². The number of hydrogen-bond acceptors (Lipinski definition) is 4. The van der Waals surface area contributed by atoms with E-state index in [4.69, 9.17) is 22.9 Å². The number of unbranched alkanes of at least 4 members (excludes halogenated alkanes) is 4. The van der Waals surface area contributed by atoms with Crippen molar-refractivity contribution in [2.24, 2.45) is 22.9 Å². The van der Waals surface area contributed by atoms with Crippen LogP contribution in [0.4, 0.5) is 0 Å². The van der Waals surface area contributed by atoms with E-state index in [1.54, 1.807) is 0 Å². The van der Waals surface area contributed by atoms with Crippen LogP contribution in [0.3, 0.4) is 0 Å². The molecule has 14 heavy (non-hydrogen) atoms. The second kappa shape index (κ2) is 18.6. The van der Waals surface area contributed by atoms with E-state index in [0.29, 0.717) is 0 Å². The molecule has 0 rings (SSSR count). The molecule has 0 atom stereocenters. The van der Waals surface area contributed by atoms with Crippen molar-refractivity contribution in [3.05, 3.63) is 0 Å². The van der Waals surface area contributed by atoms with Gasteiger partial charge in [-0.05, 0) is 51.9 Å². The smallest absolute Gasteiger partial charge is 0.00768 e. The lowest BCUT2D eigenvalue weighted by Crippen LogP contribution is -2.03. The topological polar surface area (TPSA) is 104 Å². The first-order valence-corrected chi connectivity index (χ1v) is 5.63. The van der Waals surface area contributed by atoms with Gasteiger partial charge in [-0.15, -0.1) is 0 Å². The third-order valence-electron chi connectivity index (χ3n) is 1.82. The minimum Gasteiger partial charge on any atom is -0.330 e. The van der Waals surface area contributed by atoms with Crippen LogP contribution in [-0.4, -0.2) is 26.2 Å². The lowest BCUT2D eigenvalue weighted by Gasteiger charge is -1.94. The summed E-state index contributed by atoms with van der Waals surface area (Å²) in [5, 5.41) is 0. The van der Waals surface area contributed by atoms with Gasteiger partial charge in [0.15, 0.2) is 0 Å². The molecule has 0 spiro atoms. The van der Waals surface area contributed by atoms with Gasteiger partial charge in [0.05, 0.1) is 0 Å². The summed E-state index contributed by atoms with van der Waals surface area (Å²) in [6.45, 7) is 3.20. The van der Waals surface area contributed by atoms with Gasteiger partial charge in [0.25, 0.3) is 0 Å². The summed E-state index contributed by atoms with van der Waals surface area (Å²) in [6, 6.07) is 0. The minimum absolute atomic E-state index is 0.775. The predicted octanol–water partition coefficient (Wildman–Crippen LogP) is 0.148. The molecule has 0 radical (unpaired) electrons. The Hall–Kier alpha value is -0.160. The van der Waals surface area contributed by atoms with E-state index in [2.05, 4.69) is 0 Å². The maximum atomic E-state index is 5.28. The summed E-state index contributed by atoms with van der Waals surface area (Å²) >= 11 is 0. The van der Waals surface area contributed by atoms with Gasteiger partial charge in [-0.25, -0.2) is 0 Å². The Balaban J connectivity index is 0. The van der Waals surface area contributed by atoms with Gasteiger partial charge in [-0.1, -0.05) is 12.8 Å². The molecule has 0 aromatic rings. The van der Waals surface area contributed by atoms with Crippen molar-refractivity contribution in [1.82, 2.24) is 0 Å². The molecule has 0 heterocycles. The SMILES string of the molecule is NCCCCCCN.NCCCCN. The van der Waals surface area contributed by atoms with E-state index < -0.39 is 0 Å². The molecule has 0 fully saturated rings. The quantitative estimate of drug-likeness (QED) is 0.422. The average Bonchev–Trinajstić information content (AvgIpc) is 2.22. The Morgan fingerprint density at radius 2 is 0.571 bits per heavy atom. The Kier molecular flexibility index (Phi) is 21.6. The number of nitrogens with two attached hydrogens (primary N) is 4. The van der Waals surface area contributed by atoms with Crippen LogP contribution in [-0.2, 0) is 0 Å². The fourth-order valence-electron chi connectivity index (χ4n) is 0.931. The zero-order chi connectivity index (χ0) is 11.1. The molecular formula is C10H28N4. The highest BCUT2D eigenvalue weighted by Crippen LogP contribution is 1.95. The normalized spacial score (nSPS) is 9.43. The molecule has 0 aliphatic heterocycles. The number of rotatable bonds is 8. The summed E-state index contributed by atoms with van der Waals surface area (Å²) in [5.74, 6) is 0. The van der Waals surface area contributed by atoms with E-state index in [0.717, 1.165) is 51.9 Å². The molecule has 0 saturated carbocycles. The second-order valence-electron chi connectivity index (χ2n) is 3.28. The van der Waals surface area contributed by atoms with Crippen molar-refractivity contribution in [2.75, 3.05) is 26.2 Å². The van der Waals surface area contributed by atoms with Crippen LogP contribution in [0.15, 0.2) is 0 Å². The van der Waals surface area contributed by atoms with Gasteiger partial charge >= 0.3 is 0 Å². The molecule has 0 aliphatic carbocycles. The van der Waals surface area contributed by atoms with Crippen LogP contribution in [0.2, 0.25) is 0 Å². The second-order valence-corrected chi connectivity index (χ2v) is 3.28. The molecule has 4 heteroatoms. The van der Waals surface area contributed by atoms with E-state index in [9.17, 15) is 0 Å². The molecule has 0 aromatic carbocycles. The Labute approximate surface area is 88.4 Å². The van der Waals surface area contributed by atoms with Gasteiger partial charge in [0, 0.05) is 0 Å². The Bertz CT molecular complexity index is 68.5. The largest absolute Gasteiger partial charge is 0.330 e. The monoisotopic (exact) mass is 204 g/mol. The van der Waals surface area contributed by atoms with Crippen LogP contribution < -0.4 is 22.9 Å². The average molecular weight is 204 g/mol. The standard InChI is InChI=1S/C6H16N2.C4H12N2/c7-5-3-1-2-4-6-8;5-3-1-2-4-6/h1-8H2;1-6H2. The van der Waals surface area contributed by atoms with E-state index in [-0.39, 0.29) is 0 Å². The third-order valence-corrected chi connectivity index (χ3v) is 1.82. The first-order valence-electron chi connectivity index (χ1n) is 5.63. The summed E-state index contributed by atoms with van der Waals surface area (Å²) < 4.78 is 0. The van der Waals surface area contributed by atoms with Crippen LogP contribution in [0.25, 0.3) is 0 Å². The highest BCUT2D eigenvalue weighted by atomic mass is 14.5. The van der Waals surface area contributed by atoms with Crippen LogP contribution in [0.1, 0.15) is 38.5 Å². The van der Waals surface area contributed by atoms with Gasteiger partial charge in [0.2, 0.25) is 0 Å². The molecule has 8 N–H and O–H groups in total. The van der Waals surface area contributed by atoms with E-state index in [1.807, 2.05) is 0 Å². The summed E-state index contributed by atoms with van der Waals surface area (Å²) in [5.41, 5.74) is 20.9. The van der Waals surface area contributed by atoms with Crippen LogP contribution in [0.5, 0.6) is 0 Å². The molecule has 0 amide bonds. The zero-order valence-electron chi connectivity index (χ0n) is 9.38. The summed E-state index contributed by atoms with van der Waals surface area (Å²) in [6.07, 6.45) is 6.92. The zero-order valence-corrected chi connectivity index (χ0v) is 9.38. The number of hydrogen-bond donors (Lipinski definition) is 4. The maximum Gasteiger partial charge on any atom is -0.00768 e. The Morgan fingerprint density at radius 3 is 0.786 bits per heavy atom. The van der Waals surface area contributed by atoms with Crippen LogP contribution >= 0.6 is 0 Å². The molecule has 0 aliphatic rings. The fourth-order valence-corrected chi connectivity index (χ4v) is 0.931. The van der Waals surface area contributed by atoms with Gasteiger partial charge in [-0.3, -0.25) is 0 Å². The highest BCUT2D eigenvalue weighted by molar-refractivity contribution is 4.43. The minimum atomic E-state index is 0.775. The summed E-state index contributed by atoms with van der Waals surface area (Å²) in [4.78, 5) is 0. The van der Waals surface area contributed by atoms with Crippen molar-refractivity contribution >= 4 is 0 Å². The maximum absolute atomic E-state index is 5.28. The lowest BCUT2D eigenvalue weighted by atomic mass is 10.2. The molecule has 0 bridgehead atoms. The van der Waals surface area contributed by atoms with Crippen molar-refractivity contribution in [3.63, 3.8) is 0 Å². The molecule has 0 saturated heterocycles. The first kappa shape index (κ1) is 16.3. The van der Waals surface area contributed by atoms with Crippen molar-refractivity contribution in [1.29, 1.82) is 0 Å². The van der Waals surface area contributed by atoms with E-state index in [1.165, 1.54) is 12.8 Å². The lowest BCUT2D eigenvalue weighted by molar-refractivity contribution is 0.653. The molecular weight excluding hydrogens is 176 g/mol. The van der Waals surface area contributed by atoms with Gasteiger partial charge in [0.1, 0.15) is 0 Å². The molecule has 4 nitrogen and oxygen atoms in total. The van der Waals surface area contributed by atoms with Crippen molar-refractivity contribution in [3.8, 4) is 0 Å². The fraction of sp³-hybridized carbons (Fsp3) is 1.00. The first-order chi connectivity index (χ1) is 6.83. The third kappa shape index (κ3) is 22.6. The van der Waals surface area contributed by atoms with Crippen molar-refractivity contribution in [2.45, 2.75) is 38.5 Å². The highest BCUT2D eigenvalue weighted by Gasteiger charge is 1.83.